The van der Waals surface area contributed by atoms with Gasteiger partial charge in [-0.3, -0.25) is 14.4 Å². The Hall–Kier alpha value is -2.93. The van der Waals surface area contributed by atoms with Crippen LogP contribution in [0.3, 0.4) is 0 Å². The zero-order valence-corrected chi connectivity index (χ0v) is 24.0. The average Bonchev–Trinajstić information content (AvgIpc) is 2.91. The molecule has 0 bridgehead atoms. The topological polar surface area (TPSA) is 102 Å². The number of aliphatic hydroxyl groups excluding tert-OH is 1. The largest absolute Gasteiger partial charge is 0.497 e. The van der Waals surface area contributed by atoms with Crippen molar-refractivity contribution in [2.45, 2.75) is 85.0 Å². The number of amides is 1. The Labute approximate surface area is 233 Å². The smallest absolute Gasteiger partial charge is 0.308 e. The quantitative estimate of drug-likeness (QED) is 0.336. The molecule has 1 amide bonds. The van der Waals surface area contributed by atoms with Crippen LogP contribution in [0.5, 0.6) is 5.75 Å². The minimum atomic E-state index is -1.02. The molecule has 0 heterocycles. The van der Waals surface area contributed by atoms with Crippen LogP contribution < -0.4 is 10.1 Å². The van der Waals surface area contributed by atoms with Gasteiger partial charge < -0.3 is 19.9 Å². The van der Waals surface area contributed by atoms with Crippen molar-refractivity contribution in [3.05, 3.63) is 53.6 Å². The second-order valence-corrected chi connectivity index (χ2v) is 11.3. The zero-order chi connectivity index (χ0) is 28.5. The highest BCUT2D eigenvalue weighted by atomic mass is 16.5. The van der Waals surface area contributed by atoms with Gasteiger partial charge in [-0.2, -0.15) is 0 Å². The summed E-state index contributed by atoms with van der Waals surface area (Å²) in [7, 11) is 1.60. The average molecular weight is 540 g/mol. The fourth-order valence-corrected chi connectivity index (χ4v) is 5.65. The second-order valence-electron chi connectivity index (χ2n) is 11.3. The standard InChI is InChI=1S/C32H45NO6/c1-6-21(3)32(37)39-29-16-20(2)15-24-10-7-22(4)28(31(24)29)14-11-25(34)17-26(35)18-30(36)33-19-23-8-12-27(38-5)13-9-23/h7-10,12-13,15,20-22,26,28-29,31,35H,6,11,14,16-19H2,1-5H3,(H,33,36). The van der Waals surface area contributed by atoms with Gasteiger partial charge in [-0.05, 0) is 60.3 Å². The molecule has 214 valence electrons. The van der Waals surface area contributed by atoms with E-state index in [0.29, 0.717) is 25.3 Å². The van der Waals surface area contributed by atoms with Gasteiger partial charge in [0, 0.05) is 25.3 Å². The SMILES string of the molecule is CCC(C)C(=O)OC1CC(C)C=C2C=CC(C)C(CCC(=O)CC(O)CC(=O)NCc3ccc(OC)cc3)C21. The molecule has 39 heavy (non-hydrogen) atoms. The molecule has 2 aliphatic rings. The lowest BCUT2D eigenvalue weighted by molar-refractivity contribution is -0.158. The summed E-state index contributed by atoms with van der Waals surface area (Å²) in [5.41, 5.74) is 2.11. The zero-order valence-electron chi connectivity index (χ0n) is 24.0. The number of carbonyl (C=O) groups excluding carboxylic acids is 3. The van der Waals surface area contributed by atoms with E-state index in [1.54, 1.807) is 7.11 Å². The molecule has 0 saturated heterocycles. The number of esters is 1. The summed E-state index contributed by atoms with van der Waals surface area (Å²) in [6.45, 7) is 8.52. The van der Waals surface area contributed by atoms with Crippen molar-refractivity contribution in [3.63, 3.8) is 0 Å². The van der Waals surface area contributed by atoms with E-state index in [0.717, 1.165) is 24.2 Å². The van der Waals surface area contributed by atoms with E-state index < -0.39 is 6.10 Å². The first kappa shape index (κ1) is 30.6. The number of methoxy groups -OCH3 is 1. The first-order chi connectivity index (χ1) is 18.6. The molecular weight excluding hydrogens is 494 g/mol. The van der Waals surface area contributed by atoms with Gasteiger partial charge >= 0.3 is 5.97 Å². The van der Waals surface area contributed by atoms with Crippen molar-refractivity contribution < 1.29 is 29.0 Å². The van der Waals surface area contributed by atoms with Crippen molar-refractivity contribution in [2.24, 2.45) is 29.6 Å². The van der Waals surface area contributed by atoms with E-state index in [2.05, 4.69) is 37.4 Å². The number of ether oxygens (including phenoxy) is 2. The lowest BCUT2D eigenvalue weighted by Crippen LogP contribution is -2.41. The molecule has 7 atom stereocenters. The fourth-order valence-electron chi connectivity index (χ4n) is 5.65. The van der Waals surface area contributed by atoms with Gasteiger partial charge in [-0.1, -0.05) is 58.1 Å². The van der Waals surface area contributed by atoms with Crippen LogP contribution in [0.25, 0.3) is 0 Å². The predicted molar refractivity (Wildman–Crippen MR) is 151 cm³/mol. The highest BCUT2D eigenvalue weighted by Gasteiger charge is 2.41. The van der Waals surface area contributed by atoms with Gasteiger partial charge in [0.1, 0.15) is 17.6 Å². The molecule has 0 aliphatic heterocycles. The third-order valence-corrected chi connectivity index (χ3v) is 8.17. The molecule has 7 unspecified atom stereocenters. The molecule has 2 N–H and O–H groups in total. The number of aliphatic hydroxyl groups is 1. The van der Waals surface area contributed by atoms with Crippen molar-refractivity contribution >= 4 is 17.7 Å². The Balaban J connectivity index is 1.52. The first-order valence-electron chi connectivity index (χ1n) is 14.3. The van der Waals surface area contributed by atoms with E-state index in [4.69, 9.17) is 9.47 Å². The van der Waals surface area contributed by atoms with Gasteiger partial charge in [0.2, 0.25) is 5.91 Å². The van der Waals surface area contributed by atoms with Crippen LogP contribution >= 0.6 is 0 Å². The molecule has 2 aliphatic carbocycles. The number of allylic oxidation sites excluding steroid dienone is 3. The van der Waals surface area contributed by atoms with Gasteiger partial charge in [0.05, 0.1) is 25.6 Å². The van der Waals surface area contributed by atoms with Crippen molar-refractivity contribution in [3.8, 4) is 5.75 Å². The van der Waals surface area contributed by atoms with E-state index >= 15 is 0 Å². The van der Waals surface area contributed by atoms with Gasteiger partial charge in [0.25, 0.3) is 0 Å². The molecule has 7 heteroatoms. The summed E-state index contributed by atoms with van der Waals surface area (Å²) < 4.78 is 11.2. The maximum Gasteiger partial charge on any atom is 0.308 e. The Morgan fingerprint density at radius 1 is 1.13 bits per heavy atom. The molecular formula is C32H45NO6. The number of benzene rings is 1. The minimum Gasteiger partial charge on any atom is -0.497 e. The first-order valence-corrected chi connectivity index (χ1v) is 14.3. The van der Waals surface area contributed by atoms with Crippen molar-refractivity contribution in [1.29, 1.82) is 0 Å². The molecule has 0 radical (unpaired) electrons. The summed E-state index contributed by atoms with van der Waals surface area (Å²) in [6, 6.07) is 7.37. The number of carbonyl (C=O) groups is 3. The number of ketones is 1. The van der Waals surface area contributed by atoms with Crippen LogP contribution in [0.15, 0.2) is 48.1 Å². The van der Waals surface area contributed by atoms with Crippen molar-refractivity contribution in [2.75, 3.05) is 7.11 Å². The van der Waals surface area contributed by atoms with E-state index in [9.17, 15) is 19.5 Å². The lowest BCUT2D eigenvalue weighted by Gasteiger charge is -2.43. The molecule has 0 fully saturated rings. The highest BCUT2D eigenvalue weighted by molar-refractivity contribution is 5.81. The highest BCUT2D eigenvalue weighted by Crippen LogP contribution is 2.45. The molecule has 0 aromatic heterocycles. The number of Topliss-reactive ketones (excluding diaryl/α,β-unsaturated/α-hetero) is 1. The summed E-state index contributed by atoms with van der Waals surface area (Å²) in [6.07, 6.45) is 7.70. The number of hydrogen-bond donors (Lipinski definition) is 2. The van der Waals surface area contributed by atoms with Crippen LogP contribution in [0, 0.1) is 29.6 Å². The number of rotatable bonds is 13. The van der Waals surface area contributed by atoms with Crippen molar-refractivity contribution in [1.82, 2.24) is 5.32 Å². The summed E-state index contributed by atoms with van der Waals surface area (Å²) in [4.78, 5) is 37.8. The summed E-state index contributed by atoms with van der Waals surface area (Å²) in [5.74, 6) is 0.884. The number of nitrogens with one attached hydrogen (secondary N) is 1. The predicted octanol–water partition coefficient (Wildman–Crippen LogP) is 5.16. The van der Waals surface area contributed by atoms with Crippen LogP contribution in [-0.2, 0) is 25.7 Å². The molecule has 3 rings (SSSR count). The van der Waals surface area contributed by atoms with E-state index in [1.165, 1.54) is 5.57 Å². The van der Waals surface area contributed by atoms with Gasteiger partial charge in [0.15, 0.2) is 0 Å². The van der Waals surface area contributed by atoms with Crippen LogP contribution in [0.2, 0.25) is 0 Å². The Morgan fingerprint density at radius 2 is 1.85 bits per heavy atom. The second kappa shape index (κ2) is 14.5. The Kier molecular flexibility index (Phi) is 11.3. The number of fused-ring (bicyclic) bond motifs is 1. The molecule has 0 spiro atoms. The molecule has 0 saturated carbocycles. The summed E-state index contributed by atoms with van der Waals surface area (Å²) in [5, 5.41) is 13.2. The third-order valence-electron chi connectivity index (χ3n) is 8.17. The van der Waals surface area contributed by atoms with Gasteiger partial charge in [-0.25, -0.2) is 0 Å². The fraction of sp³-hybridized carbons (Fsp3) is 0.594. The Bertz CT molecular complexity index is 1050. The molecule has 1 aromatic rings. The van der Waals surface area contributed by atoms with E-state index in [1.807, 2.05) is 38.1 Å². The minimum absolute atomic E-state index is 0.0519. The maximum atomic E-state index is 12.8. The van der Waals surface area contributed by atoms with E-state index in [-0.39, 0.29) is 60.3 Å². The van der Waals surface area contributed by atoms with Crippen LogP contribution in [-0.4, -0.2) is 42.1 Å². The molecule has 7 nitrogen and oxygen atoms in total. The Morgan fingerprint density at radius 3 is 2.51 bits per heavy atom. The van der Waals surface area contributed by atoms with Crippen LogP contribution in [0.4, 0.5) is 0 Å². The maximum absolute atomic E-state index is 12.8. The number of hydrogen-bond acceptors (Lipinski definition) is 6. The third kappa shape index (κ3) is 8.79. The lowest BCUT2D eigenvalue weighted by atomic mass is 9.65. The van der Waals surface area contributed by atoms with Gasteiger partial charge in [-0.15, -0.1) is 0 Å². The van der Waals surface area contributed by atoms with Crippen LogP contribution in [0.1, 0.15) is 71.8 Å². The normalized spacial score (nSPS) is 25.6. The molecule has 1 aromatic carbocycles. The summed E-state index contributed by atoms with van der Waals surface area (Å²) >= 11 is 0. The monoisotopic (exact) mass is 539 g/mol.